The van der Waals surface area contributed by atoms with Gasteiger partial charge >= 0.3 is 0 Å². The van der Waals surface area contributed by atoms with Crippen LogP contribution in [0.4, 0.5) is 5.69 Å². The summed E-state index contributed by atoms with van der Waals surface area (Å²) in [7, 11) is 0. The number of amides is 1. The van der Waals surface area contributed by atoms with Crippen LogP contribution >= 0.6 is 46.4 Å². The summed E-state index contributed by atoms with van der Waals surface area (Å²) >= 11 is 23.0. The van der Waals surface area contributed by atoms with Gasteiger partial charge in [0.05, 0.1) is 15.7 Å². The zero-order chi connectivity index (χ0) is 11.6. The lowest BCUT2D eigenvalue weighted by molar-refractivity contribution is -0.115. The Morgan fingerprint density at radius 3 is 2.13 bits per heavy atom. The Balaban J connectivity index is 3.00. The van der Waals surface area contributed by atoms with Crippen LogP contribution in [0.15, 0.2) is 12.1 Å². The Labute approximate surface area is 107 Å². The van der Waals surface area contributed by atoms with E-state index in [0.29, 0.717) is 10.7 Å². The molecule has 0 saturated heterocycles. The van der Waals surface area contributed by atoms with Crippen molar-refractivity contribution in [2.45, 2.75) is 12.3 Å². The fourth-order valence-electron chi connectivity index (χ4n) is 0.884. The first kappa shape index (κ1) is 12.9. The van der Waals surface area contributed by atoms with E-state index in [-0.39, 0.29) is 16.0 Å². The molecular formula is C9H7Cl4NO. The Hall–Kier alpha value is -0.150. The van der Waals surface area contributed by atoms with Crippen molar-refractivity contribution in [2.24, 2.45) is 0 Å². The van der Waals surface area contributed by atoms with E-state index in [9.17, 15) is 4.79 Å². The summed E-state index contributed by atoms with van der Waals surface area (Å²) in [6.07, 6.45) is 0. The molecule has 0 aliphatic heterocycles. The van der Waals surface area contributed by atoms with Crippen molar-refractivity contribution < 1.29 is 4.79 Å². The van der Waals surface area contributed by atoms with E-state index >= 15 is 0 Å². The molecule has 0 heterocycles. The lowest BCUT2D eigenvalue weighted by Crippen LogP contribution is -2.20. The Bertz CT molecular complexity index is 369. The summed E-state index contributed by atoms with van der Waals surface area (Å²) in [6.45, 7) is 1.55. The van der Waals surface area contributed by atoms with Crippen molar-refractivity contribution in [1.29, 1.82) is 0 Å². The first-order valence-electron chi connectivity index (χ1n) is 4.01. The maximum Gasteiger partial charge on any atom is 0.242 e. The largest absolute Gasteiger partial charge is 0.322 e. The molecule has 1 atom stereocenters. The van der Waals surface area contributed by atoms with Gasteiger partial charge in [-0.15, -0.1) is 11.6 Å². The van der Waals surface area contributed by atoms with Crippen molar-refractivity contribution in [3.63, 3.8) is 0 Å². The van der Waals surface area contributed by atoms with Crippen LogP contribution in [0, 0.1) is 0 Å². The first-order chi connectivity index (χ1) is 6.91. The average molecular weight is 287 g/mol. The molecular weight excluding hydrogens is 280 g/mol. The number of rotatable bonds is 2. The van der Waals surface area contributed by atoms with Crippen molar-refractivity contribution in [3.05, 3.63) is 27.2 Å². The Morgan fingerprint density at radius 2 is 1.73 bits per heavy atom. The highest BCUT2D eigenvalue weighted by Gasteiger charge is 2.14. The fourth-order valence-corrected chi connectivity index (χ4v) is 1.85. The molecule has 0 fully saturated rings. The SMILES string of the molecule is C[C@H](Cl)C(=O)Nc1c(Cl)cc(Cl)cc1Cl. The lowest BCUT2D eigenvalue weighted by atomic mass is 10.3. The Kier molecular flexibility index (Phi) is 4.53. The van der Waals surface area contributed by atoms with Gasteiger partial charge in [0, 0.05) is 5.02 Å². The molecule has 0 radical (unpaired) electrons. The van der Waals surface area contributed by atoms with E-state index < -0.39 is 5.38 Å². The summed E-state index contributed by atoms with van der Waals surface area (Å²) in [6, 6.07) is 2.98. The van der Waals surface area contributed by atoms with Gasteiger partial charge in [-0.3, -0.25) is 4.79 Å². The lowest BCUT2D eigenvalue weighted by Gasteiger charge is -2.10. The quantitative estimate of drug-likeness (QED) is 0.811. The highest BCUT2D eigenvalue weighted by Crippen LogP contribution is 2.33. The smallest absolute Gasteiger partial charge is 0.242 e. The van der Waals surface area contributed by atoms with E-state index in [1.807, 2.05) is 0 Å². The molecule has 0 aliphatic rings. The van der Waals surface area contributed by atoms with Gasteiger partial charge in [0.2, 0.25) is 5.91 Å². The average Bonchev–Trinajstić information content (AvgIpc) is 2.10. The monoisotopic (exact) mass is 285 g/mol. The van der Waals surface area contributed by atoms with Gasteiger partial charge in [-0.1, -0.05) is 34.8 Å². The summed E-state index contributed by atoms with van der Waals surface area (Å²) < 4.78 is 0. The number of carbonyl (C=O) groups excluding carboxylic acids is 1. The summed E-state index contributed by atoms with van der Waals surface area (Å²) in [5, 5.41) is 2.81. The molecule has 1 amide bonds. The molecule has 1 rings (SSSR count). The number of nitrogens with one attached hydrogen (secondary N) is 1. The van der Waals surface area contributed by atoms with Gasteiger partial charge in [-0.25, -0.2) is 0 Å². The zero-order valence-electron chi connectivity index (χ0n) is 7.65. The zero-order valence-corrected chi connectivity index (χ0v) is 10.7. The molecule has 0 aliphatic carbocycles. The molecule has 1 aromatic rings. The minimum Gasteiger partial charge on any atom is -0.322 e. The van der Waals surface area contributed by atoms with Crippen LogP contribution < -0.4 is 5.32 Å². The number of carbonyl (C=O) groups is 1. The van der Waals surface area contributed by atoms with Gasteiger partial charge < -0.3 is 5.32 Å². The van der Waals surface area contributed by atoms with Crippen LogP contribution in [0.3, 0.4) is 0 Å². The highest BCUT2D eigenvalue weighted by molar-refractivity contribution is 6.43. The number of benzene rings is 1. The topological polar surface area (TPSA) is 29.1 Å². The first-order valence-corrected chi connectivity index (χ1v) is 5.58. The summed E-state index contributed by atoms with van der Waals surface area (Å²) in [5.41, 5.74) is 0.320. The van der Waals surface area contributed by atoms with Crippen LogP contribution in [0.1, 0.15) is 6.92 Å². The second-order valence-corrected chi connectivity index (χ2v) is 4.76. The number of alkyl halides is 1. The number of halogens is 4. The molecule has 0 aromatic heterocycles. The minimum atomic E-state index is -0.659. The van der Waals surface area contributed by atoms with Gasteiger partial charge in [0.1, 0.15) is 5.38 Å². The fraction of sp³-hybridized carbons (Fsp3) is 0.222. The van der Waals surface area contributed by atoms with Crippen LogP contribution in [-0.4, -0.2) is 11.3 Å². The van der Waals surface area contributed by atoms with Crippen molar-refractivity contribution in [1.82, 2.24) is 0 Å². The van der Waals surface area contributed by atoms with Crippen LogP contribution in [0.5, 0.6) is 0 Å². The van der Waals surface area contributed by atoms with Crippen molar-refractivity contribution in [2.75, 3.05) is 5.32 Å². The van der Waals surface area contributed by atoms with Gasteiger partial charge in [0.15, 0.2) is 0 Å². The normalized spacial score (nSPS) is 12.3. The van der Waals surface area contributed by atoms with E-state index in [2.05, 4.69) is 5.32 Å². The predicted molar refractivity (Wildman–Crippen MR) is 65.4 cm³/mol. The van der Waals surface area contributed by atoms with E-state index in [0.717, 1.165) is 0 Å². The third-order valence-corrected chi connectivity index (χ3v) is 2.63. The molecule has 15 heavy (non-hydrogen) atoms. The van der Waals surface area contributed by atoms with Crippen LogP contribution in [0.2, 0.25) is 15.1 Å². The third kappa shape index (κ3) is 3.42. The second-order valence-electron chi connectivity index (χ2n) is 2.85. The maximum atomic E-state index is 11.3. The van der Waals surface area contributed by atoms with Crippen LogP contribution in [0.25, 0.3) is 0 Å². The maximum absolute atomic E-state index is 11.3. The minimum absolute atomic E-state index is 0.276. The number of anilines is 1. The van der Waals surface area contributed by atoms with Crippen LogP contribution in [-0.2, 0) is 4.79 Å². The molecule has 1 aromatic carbocycles. The molecule has 0 unspecified atom stereocenters. The molecule has 0 bridgehead atoms. The molecule has 0 saturated carbocycles. The molecule has 6 heteroatoms. The molecule has 1 N–H and O–H groups in total. The Morgan fingerprint density at radius 1 is 1.27 bits per heavy atom. The highest BCUT2D eigenvalue weighted by atomic mass is 35.5. The summed E-state index contributed by atoms with van der Waals surface area (Å²) in [5.74, 6) is -0.372. The van der Waals surface area contributed by atoms with Gasteiger partial charge in [0.25, 0.3) is 0 Å². The number of hydrogen-bond acceptors (Lipinski definition) is 1. The third-order valence-electron chi connectivity index (χ3n) is 1.62. The molecule has 82 valence electrons. The predicted octanol–water partition coefficient (Wildman–Crippen LogP) is 4.21. The van der Waals surface area contributed by atoms with E-state index in [1.54, 1.807) is 6.92 Å². The van der Waals surface area contributed by atoms with E-state index in [4.69, 9.17) is 46.4 Å². The van der Waals surface area contributed by atoms with Gasteiger partial charge in [-0.05, 0) is 19.1 Å². The standard InChI is InChI=1S/C9H7Cl4NO/c1-4(10)9(15)14-8-6(12)2-5(11)3-7(8)13/h2-4H,1H3,(H,14,15)/t4-/m0/s1. The van der Waals surface area contributed by atoms with Gasteiger partial charge in [-0.2, -0.15) is 0 Å². The number of hydrogen-bond donors (Lipinski definition) is 1. The van der Waals surface area contributed by atoms with Crippen molar-refractivity contribution in [3.8, 4) is 0 Å². The van der Waals surface area contributed by atoms with E-state index in [1.165, 1.54) is 12.1 Å². The molecule has 0 spiro atoms. The van der Waals surface area contributed by atoms with Crippen molar-refractivity contribution >= 4 is 58.0 Å². The summed E-state index contributed by atoms with van der Waals surface area (Å²) in [4.78, 5) is 11.3. The molecule has 2 nitrogen and oxygen atoms in total. The second kappa shape index (κ2) is 5.26.